The summed E-state index contributed by atoms with van der Waals surface area (Å²) in [4.78, 5) is 25.0. The van der Waals surface area contributed by atoms with Gasteiger partial charge in [0.2, 0.25) is 5.95 Å². The third kappa shape index (κ3) is 6.81. The molecule has 1 aromatic carbocycles. The number of alkyl halides is 3. The van der Waals surface area contributed by atoms with Crippen LogP contribution in [0.25, 0.3) is 0 Å². The third-order valence-corrected chi connectivity index (χ3v) is 4.91. The highest BCUT2D eigenvalue weighted by molar-refractivity contribution is 6.31. The van der Waals surface area contributed by atoms with Crippen molar-refractivity contribution in [1.29, 1.82) is 0 Å². The molecule has 0 spiro atoms. The molecule has 0 fully saturated rings. The van der Waals surface area contributed by atoms with Crippen LogP contribution in [-0.2, 0) is 6.18 Å². The van der Waals surface area contributed by atoms with Gasteiger partial charge in [-0.15, -0.1) is 0 Å². The number of hydrogen-bond acceptors (Lipinski definition) is 5. The summed E-state index contributed by atoms with van der Waals surface area (Å²) < 4.78 is 38.9. The van der Waals surface area contributed by atoms with E-state index in [1.54, 1.807) is 13.0 Å². The van der Waals surface area contributed by atoms with Crippen LogP contribution in [0.5, 0.6) is 0 Å². The Morgan fingerprint density at radius 2 is 2.03 bits per heavy atom. The second kappa shape index (κ2) is 9.95. The van der Waals surface area contributed by atoms with E-state index in [-0.39, 0.29) is 11.6 Å². The molecule has 2 aromatic rings. The Hall–Kier alpha value is -2.88. The van der Waals surface area contributed by atoms with Crippen molar-refractivity contribution in [3.8, 4) is 0 Å². The maximum Gasteiger partial charge on any atom is 0.417 e. The molecule has 31 heavy (non-hydrogen) atoms. The SMILES string of the molecule is Cc1cc(NCCC2CCCC=N2)nc(NC(=O)Nc2ccc(Cl)c(C(F)(F)F)c2)n1. The van der Waals surface area contributed by atoms with Gasteiger partial charge in [-0.3, -0.25) is 10.3 Å². The second-order valence-electron chi connectivity index (χ2n) is 7.12. The van der Waals surface area contributed by atoms with E-state index in [1.807, 2.05) is 6.21 Å². The van der Waals surface area contributed by atoms with E-state index in [1.165, 1.54) is 6.07 Å². The van der Waals surface area contributed by atoms with E-state index in [0.29, 0.717) is 24.1 Å². The van der Waals surface area contributed by atoms with Gasteiger partial charge in [0.05, 0.1) is 16.6 Å². The lowest BCUT2D eigenvalue weighted by Gasteiger charge is -2.16. The number of aromatic nitrogens is 2. The summed E-state index contributed by atoms with van der Waals surface area (Å²) >= 11 is 5.59. The van der Waals surface area contributed by atoms with E-state index in [4.69, 9.17) is 11.6 Å². The first kappa shape index (κ1) is 22.8. The number of amides is 2. The fraction of sp³-hybridized carbons (Fsp3) is 0.400. The Morgan fingerprint density at radius 1 is 1.23 bits per heavy atom. The van der Waals surface area contributed by atoms with Gasteiger partial charge in [0.1, 0.15) is 5.82 Å². The normalized spacial score (nSPS) is 16.1. The Balaban J connectivity index is 1.59. The quantitative estimate of drug-likeness (QED) is 0.535. The molecule has 2 amide bonds. The van der Waals surface area contributed by atoms with Gasteiger partial charge in [-0.25, -0.2) is 9.78 Å². The van der Waals surface area contributed by atoms with E-state index in [2.05, 4.69) is 30.9 Å². The molecule has 1 aromatic heterocycles. The van der Waals surface area contributed by atoms with Crippen LogP contribution in [0, 0.1) is 6.92 Å². The molecular weight excluding hydrogens is 433 g/mol. The van der Waals surface area contributed by atoms with Crippen LogP contribution in [-0.4, -0.2) is 34.8 Å². The van der Waals surface area contributed by atoms with Gasteiger partial charge in [0.15, 0.2) is 0 Å². The highest BCUT2D eigenvalue weighted by Gasteiger charge is 2.33. The number of carbonyl (C=O) groups excluding carboxylic acids is 1. The molecule has 11 heteroatoms. The molecule has 1 unspecified atom stereocenters. The zero-order chi connectivity index (χ0) is 22.4. The van der Waals surface area contributed by atoms with Crippen molar-refractivity contribution in [2.75, 3.05) is 22.5 Å². The number of carbonyl (C=O) groups is 1. The number of nitrogens with zero attached hydrogens (tertiary/aromatic N) is 3. The zero-order valence-corrected chi connectivity index (χ0v) is 17.5. The van der Waals surface area contributed by atoms with Gasteiger partial charge < -0.3 is 10.6 Å². The number of aliphatic imine (C=N–C) groups is 1. The molecule has 0 radical (unpaired) electrons. The van der Waals surface area contributed by atoms with Gasteiger partial charge in [-0.05, 0) is 57.0 Å². The summed E-state index contributed by atoms with van der Waals surface area (Å²) in [7, 11) is 0. The lowest BCUT2D eigenvalue weighted by molar-refractivity contribution is -0.137. The molecule has 0 saturated heterocycles. The molecule has 3 rings (SSSR count). The number of urea groups is 1. The third-order valence-electron chi connectivity index (χ3n) is 4.58. The molecule has 3 N–H and O–H groups in total. The van der Waals surface area contributed by atoms with Crippen molar-refractivity contribution in [2.45, 2.75) is 44.8 Å². The number of rotatable bonds is 6. The Kier molecular flexibility index (Phi) is 7.32. The van der Waals surface area contributed by atoms with E-state index < -0.39 is 22.8 Å². The molecular formula is C20H22ClF3N6O. The lowest BCUT2D eigenvalue weighted by atomic mass is 10.0. The molecule has 1 atom stereocenters. The Morgan fingerprint density at radius 3 is 2.74 bits per heavy atom. The first-order valence-corrected chi connectivity index (χ1v) is 10.1. The smallest absolute Gasteiger partial charge is 0.370 e. The maximum absolute atomic E-state index is 13.0. The first-order valence-electron chi connectivity index (χ1n) is 9.76. The first-order chi connectivity index (χ1) is 14.7. The largest absolute Gasteiger partial charge is 0.417 e. The molecule has 1 aliphatic heterocycles. The van der Waals surface area contributed by atoms with Crippen molar-refractivity contribution in [2.24, 2.45) is 4.99 Å². The van der Waals surface area contributed by atoms with Gasteiger partial charge in [0, 0.05) is 24.0 Å². The molecule has 1 aliphatic rings. The average Bonchev–Trinajstić information content (AvgIpc) is 2.69. The van der Waals surface area contributed by atoms with E-state index in [9.17, 15) is 18.0 Å². The van der Waals surface area contributed by atoms with Crippen LogP contribution < -0.4 is 16.0 Å². The van der Waals surface area contributed by atoms with Crippen LogP contribution in [0.2, 0.25) is 5.02 Å². The van der Waals surface area contributed by atoms with E-state index >= 15 is 0 Å². The number of halogens is 4. The number of benzene rings is 1. The van der Waals surface area contributed by atoms with Crippen LogP contribution in [0.1, 0.15) is 36.9 Å². The minimum absolute atomic E-state index is 0.0284. The zero-order valence-electron chi connectivity index (χ0n) is 16.8. The van der Waals surface area contributed by atoms with Crippen LogP contribution in [0.3, 0.4) is 0 Å². The van der Waals surface area contributed by atoms with Crippen molar-refractivity contribution in [3.05, 3.63) is 40.5 Å². The van der Waals surface area contributed by atoms with Gasteiger partial charge in [0.25, 0.3) is 0 Å². The van der Waals surface area contributed by atoms with Gasteiger partial charge in [-0.1, -0.05) is 11.6 Å². The Bertz CT molecular complexity index is 966. The second-order valence-corrected chi connectivity index (χ2v) is 7.53. The fourth-order valence-electron chi connectivity index (χ4n) is 3.13. The molecule has 2 heterocycles. The van der Waals surface area contributed by atoms with Crippen LogP contribution in [0.4, 0.5) is 35.4 Å². The monoisotopic (exact) mass is 454 g/mol. The van der Waals surface area contributed by atoms with Gasteiger partial charge in [-0.2, -0.15) is 18.2 Å². The van der Waals surface area contributed by atoms with Gasteiger partial charge >= 0.3 is 12.2 Å². The van der Waals surface area contributed by atoms with Crippen molar-refractivity contribution < 1.29 is 18.0 Å². The predicted molar refractivity (Wildman–Crippen MR) is 115 cm³/mol. The topological polar surface area (TPSA) is 91.3 Å². The summed E-state index contributed by atoms with van der Waals surface area (Å²) in [5.41, 5.74) is -0.477. The van der Waals surface area contributed by atoms with Crippen molar-refractivity contribution in [1.82, 2.24) is 9.97 Å². The number of hydrogen-bond donors (Lipinski definition) is 3. The fourth-order valence-corrected chi connectivity index (χ4v) is 3.35. The molecule has 166 valence electrons. The standard InChI is InChI=1S/C20H22ClF3N6O/c1-12-10-17(26-9-7-13-4-2-3-8-25-13)29-18(27-12)30-19(31)28-14-5-6-16(21)15(11-14)20(22,23)24/h5-6,8,10-11,13H,2-4,7,9H2,1H3,(H3,26,27,28,29,30,31). The highest BCUT2D eigenvalue weighted by Crippen LogP contribution is 2.36. The minimum atomic E-state index is -4.63. The summed E-state index contributed by atoms with van der Waals surface area (Å²) in [6.45, 7) is 2.41. The molecule has 0 saturated carbocycles. The number of anilines is 3. The molecule has 7 nitrogen and oxygen atoms in total. The Labute approximate surface area is 182 Å². The molecule has 0 aliphatic carbocycles. The summed E-state index contributed by atoms with van der Waals surface area (Å²) in [6, 6.07) is 4.37. The van der Waals surface area contributed by atoms with Crippen LogP contribution >= 0.6 is 11.6 Å². The number of aryl methyl sites for hydroxylation is 1. The lowest BCUT2D eigenvalue weighted by Crippen LogP contribution is -2.22. The van der Waals surface area contributed by atoms with Crippen molar-refractivity contribution >= 4 is 41.3 Å². The molecule has 0 bridgehead atoms. The van der Waals surface area contributed by atoms with Crippen molar-refractivity contribution in [3.63, 3.8) is 0 Å². The van der Waals surface area contributed by atoms with Crippen LogP contribution in [0.15, 0.2) is 29.3 Å². The summed E-state index contributed by atoms with van der Waals surface area (Å²) in [5.74, 6) is 0.564. The number of nitrogens with one attached hydrogen (secondary N) is 3. The summed E-state index contributed by atoms with van der Waals surface area (Å²) in [5, 5.41) is 7.51. The highest BCUT2D eigenvalue weighted by atomic mass is 35.5. The predicted octanol–water partition coefficient (Wildman–Crippen LogP) is 5.53. The summed E-state index contributed by atoms with van der Waals surface area (Å²) in [6.07, 6.45) is 1.42. The van der Waals surface area contributed by atoms with E-state index in [0.717, 1.165) is 37.8 Å². The minimum Gasteiger partial charge on any atom is -0.370 e. The average molecular weight is 455 g/mol. The maximum atomic E-state index is 13.0.